The summed E-state index contributed by atoms with van der Waals surface area (Å²) in [6.07, 6.45) is 0. The Bertz CT molecular complexity index is 3450. The molecule has 3 heterocycles. The lowest BCUT2D eigenvalue weighted by molar-refractivity contribution is 1.12. The first-order valence-corrected chi connectivity index (χ1v) is 20.8. The average molecular weight is 779 g/mol. The molecule has 0 unspecified atom stereocenters. The zero-order valence-electron chi connectivity index (χ0n) is 33.2. The number of aromatic nitrogens is 3. The molecule has 0 fully saturated rings. The number of imidazole rings is 1. The van der Waals surface area contributed by atoms with Crippen LogP contribution in [0.5, 0.6) is 0 Å². The van der Waals surface area contributed by atoms with E-state index in [1.807, 2.05) is 0 Å². The van der Waals surface area contributed by atoms with Crippen LogP contribution in [0.4, 0.5) is 17.1 Å². The third kappa shape index (κ3) is 5.72. The van der Waals surface area contributed by atoms with Gasteiger partial charge < -0.3 is 4.90 Å². The van der Waals surface area contributed by atoms with Crippen LogP contribution >= 0.6 is 0 Å². The Labute approximate surface area is 353 Å². The van der Waals surface area contributed by atoms with Crippen LogP contribution < -0.4 is 4.90 Å². The van der Waals surface area contributed by atoms with Crippen LogP contribution in [-0.4, -0.2) is 14.0 Å². The lowest BCUT2D eigenvalue weighted by Crippen LogP contribution is -2.09. The van der Waals surface area contributed by atoms with Gasteiger partial charge in [-0.3, -0.25) is 8.97 Å². The Morgan fingerprint density at radius 2 is 0.803 bits per heavy atom. The zero-order chi connectivity index (χ0) is 40.3. The number of anilines is 3. The molecule has 0 radical (unpaired) electrons. The maximum absolute atomic E-state index is 5.49. The van der Waals surface area contributed by atoms with Crippen molar-refractivity contribution in [3.05, 3.63) is 231 Å². The number of rotatable bonds is 7. The van der Waals surface area contributed by atoms with E-state index >= 15 is 0 Å². The van der Waals surface area contributed by atoms with Crippen molar-refractivity contribution in [2.45, 2.75) is 0 Å². The zero-order valence-corrected chi connectivity index (χ0v) is 33.2. The Morgan fingerprint density at radius 3 is 1.39 bits per heavy atom. The fraction of sp³-hybridized carbons (Fsp3) is 0. The van der Waals surface area contributed by atoms with E-state index in [1.54, 1.807) is 0 Å². The fourth-order valence-electron chi connectivity index (χ4n) is 9.26. The highest BCUT2D eigenvalue weighted by atomic mass is 15.2. The van der Waals surface area contributed by atoms with Gasteiger partial charge in [-0.2, -0.15) is 0 Å². The van der Waals surface area contributed by atoms with Gasteiger partial charge in [0.2, 0.25) is 0 Å². The number of hydrogen-bond donors (Lipinski definition) is 0. The standard InChI is InChI=1S/C57H38N4/c1-4-15-39(16-5-1)41-27-33-45(34-28-41)59(46-35-29-42(30-36-46)40-17-6-2-7-18-40)47-37-31-43(32-38-47)48-24-14-25-52-54-57(60(55(48)52)44-19-8-3-9-20-44)61-53-26-13-12-22-50(53)49-21-10-11-23-51(49)56(61)58-54/h1-38H. The van der Waals surface area contributed by atoms with Crippen molar-refractivity contribution in [3.8, 4) is 39.1 Å². The molecule has 0 spiro atoms. The van der Waals surface area contributed by atoms with Gasteiger partial charge in [-0.05, 0) is 87.8 Å². The Kier molecular flexibility index (Phi) is 8.13. The number of hydrogen-bond acceptors (Lipinski definition) is 2. The number of nitrogens with zero attached hydrogens (tertiary/aromatic N) is 4. The maximum Gasteiger partial charge on any atom is 0.151 e. The molecular weight excluding hydrogens is 741 g/mol. The number of para-hydroxylation sites is 3. The van der Waals surface area contributed by atoms with Crippen LogP contribution in [-0.2, 0) is 0 Å². The summed E-state index contributed by atoms with van der Waals surface area (Å²) in [5.41, 5.74) is 16.7. The highest BCUT2D eigenvalue weighted by molar-refractivity contribution is 6.18. The molecule has 0 aliphatic carbocycles. The van der Waals surface area contributed by atoms with Gasteiger partial charge in [-0.1, -0.05) is 176 Å². The van der Waals surface area contributed by atoms with Gasteiger partial charge in [0.25, 0.3) is 0 Å². The summed E-state index contributed by atoms with van der Waals surface area (Å²) >= 11 is 0. The van der Waals surface area contributed by atoms with Gasteiger partial charge in [0.1, 0.15) is 11.2 Å². The van der Waals surface area contributed by atoms with Crippen LogP contribution in [0, 0.1) is 0 Å². The number of pyridine rings is 1. The Morgan fingerprint density at radius 1 is 0.344 bits per heavy atom. The van der Waals surface area contributed by atoms with E-state index in [4.69, 9.17) is 4.98 Å². The first kappa shape index (κ1) is 34.8. The number of fused-ring (bicyclic) bond motifs is 10. The molecule has 0 aliphatic rings. The first-order chi connectivity index (χ1) is 30.3. The van der Waals surface area contributed by atoms with Crippen LogP contribution in [0.3, 0.4) is 0 Å². The molecule has 0 N–H and O–H groups in total. The molecule has 286 valence electrons. The van der Waals surface area contributed by atoms with Crippen molar-refractivity contribution in [2.75, 3.05) is 4.90 Å². The van der Waals surface area contributed by atoms with Crippen molar-refractivity contribution in [1.29, 1.82) is 0 Å². The smallest absolute Gasteiger partial charge is 0.151 e. The summed E-state index contributed by atoms with van der Waals surface area (Å²) in [6, 6.07) is 82.6. The van der Waals surface area contributed by atoms with E-state index in [1.165, 1.54) is 33.0 Å². The molecule has 12 aromatic rings. The Hall–Kier alpha value is -8.21. The van der Waals surface area contributed by atoms with E-state index < -0.39 is 0 Å². The van der Waals surface area contributed by atoms with Crippen molar-refractivity contribution in [3.63, 3.8) is 0 Å². The summed E-state index contributed by atoms with van der Waals surface area (Å²) < 4.78 is 4.79. The molecule has 61 heavy (non-hydrogen) atoms. The van der Waals surface area contributed by atoms with Gasteiger partial charge >= 0.3 is 0 Å². The van der Waals surface area contributed by atoms with Gasteiger partial charge in [-0.15, -0.1) is 0 Å². The highest BCUT2D eigenvalue weighted by Crippen LogP contribution is 2.43. The fourth-order valence-corrected chi connectivity index (χ4v) is 9.26. The summed E-state index contributed by atoms with van der Waals surface area (Å²) in [4.78, 5) is 7.84. The Balaban J connectivity index is 1.03. The molecule has 0 saturated carbocycles. The van der Waals surface area contributed by atoms with Crippen LogP contribution in [0.25, 0.3) is 88.5 Å². The summed E-state index contributed by atoms with van der Waals surface area (Å²) in [5.74, 6) is 0. The van der Waals surface area contributed by atoms with E-state index in [0.717, 1.165) is 72.5 Å². The molecule has 0 amide bonds. The van der Waals surface area contributed by atoms with Gasteiger partial charge in [-0.25, -0.2) is 4.98 Å². The van der Waals surface area contributed by atoms with Crippen molar-refractivity contribution in [1.82, 2.24) is 14.0 Å². The van der Waals surface area contributed by atoms with Crippen LogP contribution in [0.2, 0.25) is 0 Å². The van der Waals surface area contributed by atoms with E-state index in [-0.39, 0.29) is 0 Å². The second-order valence-electron chi connectivity index (χ2n) is 15.6. The molecule has 3 aromatic heterocycles. The van der Waals surface area contributed by atoms with Crippen LogP contribution in [0.15, 0.2) is 231 Å². The summed E-state index contributed by atoms with van der Waals surface area (Å²) in [7, 11) is 0. The van der Waals surface area contributed by atoms with Crippen molar-refractivity contribution >= 4 is 66.5 Å². The molecule has 0 aliphatic heterocycles. The lowest BCUT2D eigenvalue weighted by atomic mass is 10.0. The van der Waals surface area contributed by atoms with Crippen molar-refractivity contribution in [2.24, 2.45) is 0 Å². The minimum Gasteiger partial charge on any atom is -0.311 e. The minimum atomic E-state index is 0.967. The van der Waals surface area contributed by atoms with Gasteiger partial charge in [0, 0.05) is 44.5 Å². The molecule has 0 bridgehead atoms. The first-order valence-electron chi connectivity index (χ1n) is 20.8. The summed E-state index contributed by atoms with van der Waals surface area (Å²) in [5, 5.41) is 4.68. The van der Waals surface area contributed by atoms with E-state index in [9.17, 15) is 0 Å². The van der Waals surface area contributed by atoms with Crippen LogP contribution in [0.1, 0.15) is 0 Å². The summed E-state index contributed by atoms with van der Waals surface area (Å²) in [6.45, 7) is 0. The molecule has 4 nitrogen and oxygen atoms in total. The van der Waals surface area contributed by atoms with Gasteiger partial charge in [0.15, 0.2) is 5.65 Å². The molecule has 4 heteroatoms. The maximum atomic E-state index is 5.49. The second kappa shape index (κ2) is 14.3. The third-order valence-electron chi connectivity index (χ3n) is 12.1. The molecular formula is C57H38N4. The highest BCUT2D eigenvalue weighted by Gasteiger charge is 2.24. The SMILES string of the molecule is c1ccc(-c2ccc(N(c3ccc(-c4ccccc4)cc3)c3ccc(-c4cccc5c6nc7c8ccccc8c8ccccc8n7c6n(-c6ccccc6)c45)cc3)cc2)cc1. The van der Waals surface area contributed by atoms with Crippen molar-refractivity contribution < 1.29 is 0 Å². The normalized spacial score (nSPS) is 11.6. The third-order valence-corrected chi connectivity index (χ3v) is 12.1. The van der Waals surface area contributed by atoms with E-state index in [0.29, 0.717) is 0 Å². The quantitative estimate of drug-likeness (QED) is 0.151. The van der Waals surface area contributed by atoms with Gasteiger partial charge in [0.05, 0.1) is 11.0 Å². The molecule has 0 atom stereocenters. The number of benzene rings is 9. The predicted octanol–water partition coefficient (Wildman–Crippen LogP) is 15.2. The molecule has 12 rings (SSSR count). The molecule has 0 saturated heterocycles. The largest absolute Gasteiger partial charge is 0.311 e. The minimum absolute atomic E-state index is 0.967. The topological polar surface area (TPSA) is 25.5 Å². The predicted molar refractivity (Wildman–Crippen MR) is 256 cm³/mol. The second-order valence-corrected chi connectivity index (χ2v) is 15.6. The average Bonchev–Trinajstić information content (AvgIpc) is 3.89. The lowest BCUT2D eigenvalue weighted by Gasteiger charge is -2.26. The molecule has 9 aromatic carbocycles. The van der Waals surface area contributed by atoms with E-state index in [2.05, 4.69) is 244 Å². The monoisotopic (exact) mass is 778 g/mol.